The molecular formula is C8H20O3Si. The first-order chi connectivity index (χ1) is 5.74. The number of hydrogen-bond donors (Lipinski definition) is 0. The van der Waals surface area contributed by atoms with Crippen LogP contribution in [0.25, 0.3) is 0 Å². The predicted octanol–water partition coefficient (Wildman–Crippen LogP) is 2.47. The summed E-state index contributed by atoms with van der Waals surface area (Å²) in [5, 5.41) is 0. The molecule has 0 saturated carbocycles. The molecule has 0 aliphatic carbocycles. The van der Waals surface area contributed by atoms with Crippen LogP contribution in [-0.2, 0) is 13.9 Å². The molecule has 0 heterocycles. The van der Waals surface area contributed by atoms with E-state index in [4.69, 9.17) is 13.9 Å². The quantitative estimate of drug-likeness (QED) is 0.352. The Hall–Kier alpha value is 0.0969. The summed E-state index contributed by atoms with van der Waals surface area (Å²) < 4.78 is 11.0. The van der Waals surface area contributed by atoms with Crippen molar-refractivity contribution in [3.63, 3.8) is 0 Å². The Labute approximate surface area is 76.2 Å². The first-order valence-electron chi connectivity index (χ1n) is 4.69. The number of hydrogen-bond acceptors (Lipinski definition) is 3. The van der Waals surface area contributed by atoms with Gasteiger partial charge in [0.1, 0.15) is 0 Å². The number of rotatable bonds is 7. The summed E-state index contributed by atoms with van der Waals surface area (Å²) in [7, 11) is -1.99. The third-order valence-corrected chi connectivity index (χ3v) is 5.20. The van der Waals surface area contributed by atoms with E-state index in [1.807, 2.05) is 13.8 Å². The Morgan fingerprint density at radius 2 is 1.50 bits per heavy atom. The van der Waals surface area contributed by atoms with Crippen molar-refractivity contribution in [3.05, 3.63) is 0 Å². The molecule has 0 radical (unpaired) electrons. The summed E-state index contributed by atoms with van der Waals surface area (Å²) in [6.45, 7) is 9.37. The molecule has 12 heavy (non-hydrogen) atoms. The monoisotopic (exact) mass is 192 g/mol. The second kappa shape index (κ2) is 6.60. The summed E-state index contributed by atoms with van der Waals surface area (Å²) in [4.78, 5) is 4.97. The summed E-state index contributed by atoms with van der Waals surface area (Å²) in [5.41, 5.74) is 0. The largest absolute Gasteiger partial charge is 0.393 e. The summed E-state index contributed by atoms with van der Waals surface area (Å²) >= 11 is 0. The minimum absolute atomic E-state index is 0.585. The molecule has 0 unspecified atom stereocenters. The van der Waals surface area contributed by atoms with E-state index in [-0.39, 0.29) is 0 Å². The average Bonchev–Trinajstić information content (AvgIpc) is 2.13. The van der Waals surface area contributed by atoms with Crippen molar-refractivity contribution in [1.82, 2.24) is 0 Å². The lowest BCUT2D eigenvalue weighted by Crippen LogP contribution is -2.40. The van der Waals surface area contributed by atoms with Crippen molar-refractivity contribution in [2.45, 2.75) is 39.8 Å². The van der Waals surface area contributed by atoms with Gasteiger partial charge in [-0.05, 0) is 25.9 Å². The van der Waals surface area contributed by atoms with Gasteiger partial charge in [-0.15, -0.1) is 0 Å². The lowest BCUT2D eigenvalue weighted by Gasteiger charge is -2.25. The summed E-state index contributed by atoms with van der Waals surface area (Å²) in [5.74, 6) is 0. The fraction of sp³-hybridized carbons (Fsp3) is 1.00. The maximum absolute atomic E-state index is 5.62. The molecule has 0 aromatic carbocycles. The molecule has 4 heteroatoms. The van der Waals surface area contributed by atoms with Crippen LogP contribution in [0.15, 0.2) is 0 Å². The van der Waals surface area contributed by atoms with E-state index in [0.717, 1.165) is 12.1 Å². The summed E-state index contributed by atoms with van der Waals surface area (Å²) in [6, 6.07) is 1.88. The van der Waals surface area contributed by atoms with Gasteiger partial charge in [-0.25, -0.2) is 4.89 Å². The molecule has 0 aromatic rings. The molecule has 3 nitrogen and oxygen atoms in total. The Kier molecular flexibility index (Phi) is 6.65. The van der Waals surface area contributed by atoms with Crippen molar-refractivity contribution in [1.29, 1.82) is 0 Å². The topological polar surface area (TPSA) is 27.7 Å². The van der Waals surface area contributed by atoms with Crippen molar-refractivity contribution >= 4 is 8.56 Å². The molecule has 0 N–H and O–H groups in total. The Balaban J connectivity index is 3.95. The van der Waals surface area contributed by atoms with Gasteiger partial charge in [0.25, 0.3) is 0 Å². The van der Waals surface area contributed by atoms with E-state index in [2.05, 4.69) is 13.8 Å². The zero-order valence-corrected chi connectivity index (χ0v) is 9.55. The highest BCUT2D eigenvalue weighted by Gasteiger charge is 2.34. The zero-order chi connectivity index (χ0) is 9.45. The van der Waals surface area contributed by atoms with Crippen LogP contribution in [0.5, 0.6) is 0 Å². The van der Waals surface area contributed by atoms with Crippen LogP contribution >= 0.6 is 0 Å². The van der Waals surface area contributed by atoms with E-state index < -0.39 is 8.56 Å². The van der Waals surface area contributed by atoms with Crippen LogP contribution in [0, 0.1) is 0 Å². The highest BCUT2D eigenvalue weighted by molar-refractivity contribution is 6.67. The molecule has 0 rings (SSSR count). The van der Waals surface area contributed by atoms with Crippen LogP contribution in [-0.4, -0.2) is 21.8 Å². The highest BCUT2D eigenvalue weighted by Crippen LogP contribution is 2.18. The second-order valence-corrected chi connectivity index (χ2v) is 6.23. The van der Waals surface area contributed by atoms with E-state index >= 15 is 0 Å². The van der Waals surface area contributed by atoms with Gasteiger partial charge >= 0.3 is 8.56 Å². The molecule has 0 amide bonds. The first-order valence-corrected chi connectivity index (χ1v) is 6.92. The van der Waals surface area contributed by atoms with Gasteiger partial charge in [0.15, 0.2) is 0 Å². The molecule has 0 aliphatic rings. The Bertz CT molecular complexity index is 104. The third-order valence-electron chi connectivity index (χ3n) is 1.81. The van der Waals surface area contributed by atoms with Crippen molar-refractivity contribution in [3.8, 4) is 0 Å². The van der Waals surface area contributed by atoms with Gasteiger partial charge in [0.2, 0.25) is 0 Å². The van der Waals surface area contributed by atoms with Gasteiger partial charge in [-0.2, -0.15) is 0 Å². The van der Waals surface area contributed by atoms with E-state index in [9.17, 15) is 0 Å². The molecule has 0 fully saturated rings. The van der Waals surface area contributed by atoms with Crippen LogP contribution < -0.4 is 0 Å². The van der Waals surface area contributed by atoms with Crippen molar-refractivity contribution < 1.29 is 13.9 Å². The summed E-state index contributed by atoms with van der Waals surface area (Å²) in [6.07, 6.45) is 0. The second-order valence-electron chi connectivity index (χ2n) is 2.54. The minimum Gasteiger partial charge on any atom is -0.393 e. The molecule has 0 spiro atoms. The van der Waals surface area contributed by atoms with Gasteiger partial charge in [0.05, 0.1) is 6.61 Å². The molecule has 0 saturated heterocycles. The fourth-order valence-corrected chi connectivity index (χ4v) is 3.08. The van der Waals surface area contributed by atoms with Crippen molar-refractivity contribution in [2.75, 3.05) is 13.2 Å². The normalized spacial score (nSPS) is 12.0. The van der Waals surface area contributed by atoms with Gasteiger partial charge in [-0.3, -0.25) is 4.58 Å². The lowest BCUT2D eigenvalue weighted by molar-refractivity contribution is -0.229. The standard InChI is InChI=1S/C8H20O3Si/c1-5-9-11-12(7-3,8-4)10-6-2/h5-8H2,1-4H3. The van der Waals surface area contributed by atoms with Gasteiger partial charge in [-0.1, -0.05) is 13.8 Å². The fourth-order valence-electron chi connectivity index (χ4n) is 1.03. The first kappa shape index (κ1) is 12.1. The average molecular weight is 192 g/mol. The smallest absolute Gasteiger partial charge is 0.374 e. The van der Waals surface area contributed by atoms with E-state index in [0.29, 0.717) is 13.2 Å². The molecule has 0 aliphatic heterocycles. The maximum Gasteiger partial charge on any atom is 0.374 e. The van der Waals surface area contributed by atoms with Crippen molar-refractivity contribution in [2.24, 2.45) is 0 Å². The molecule has 0 aromatic heterocycles. The Morgan fingerprint density at radius 1 is 0.917 bits per heavy atom. The van der Waals surface area contributed by atoms with Crippen LogP contribution in [0.1, 0.15) is 27.7 Å². The molecule has 0 atom stereocenters. The third kappa shape index (κ3) is 3.67. The minimum atomic E-state index is -1.99. The molecule has 74 valence electrons. The molecular weight excluding hydrogens is 172 g/mol. The Morgan fingerprint density at radius 3 is 1.83 bits per heavy atom. The lowest BCUT2D eigenvalue weighted by atomic mass is 10.9. The molecule has 0 bridgehead atoms. The van der Waals surface area contributed by atoms with Gasteiger partial charge in [0, 0.05) is 6.61 Å². The SMILES string of the molecule is CCOO[Si](CC)(CC)OCC. The van der Waals surface area contributed by atoms with E-state index in [1.165, 1.54) is 0 Å². The maximum atomic E-state index is 5.62. The highest BCUT2D eigenvalue weighted by atomic mass is 28.4. The predicted molar refractivity (Wildman–Crippen MR) is 51.1 cm³/mol. The van der Waals surface area contributed by atoms with Crippen LogP contribution in [0.4, 0.5) is 0 Å². The van der Waals surface area contributed by atoms with Crippen LogP contribution in [0.3, 0.4) is 0 Å². The zero-order valence-electron chi connectivity index (χ0n) is 8.55. The van der Waals surface area contributed by atoms with Gasteiger partial charge < -0.3 is 4.43 Å². The van der Waals surface area contributed by atoms with E-state index in [1.54, 1.807) is 0 Å². The van der Waals surface area contributed by atoms with Crippen LogP contribution in [0.2, 0.25) is 12.1 Å².